The standard InChI is InChI=1S/C15H17N3O2/c1-9-7-13(14(15(16)17)10(2)18-9)20-12-6-4-5-11(8-12)19-3/h4-8H,1-3H3,(H3,16,17). The minimum absolute atomic E-state index is 0.0621. The zero-order valence-corrected chi connectivity index (χ0v) is 11.7. The number of rotatable bonds is 4. The third kappa shape index (κ3) is 2.88. The smallest absolute Gasteiger partial charge is 0.141 e. The molecule has 1 heterocycles. The van der Waals surface area contributed by atoms with Gasteiger partial charge in [-0.3, -0.25) is 10.4 Å². The van der Waals surface area contributed by atoms with E-state index in [-0.39, 0.29) is 5.84 Å². The Hall–Kier alpha value is -2.56. The largest absolute Gasteiger partial charge is 0.497 e. The van der Waals surface area contributed by atoms with Crippen molar-refractivity contribution in [2.75, 3.05) is 7.11 Å². The van der Waals surface area contributed by atoms with Gasteiger partial charge in [0.25, 0.3) is 0 Å². The van der Waals surface area contributed by atoms with Crippen LogP contribution in [0.2, 0.25) is 0 Å². The third-order valence-electron chi connectivity index (χ3n) is 2.83. The molecular weight excluding hydrogens is 254 g/mol. The second-order valence-electron chi connectivity index (χ2n) is 4.42. The van der Waals surface area contributed by atoms with E-state index in [1.165, 1.54) is 0 Å². The maximum absolute atomic E-state index is 7.66. The first-order valence-corrected chi connectivity index (χ1v) is 6.16. The summed E-state index contributed by atoms with van der Waals surface area (Å²) in [4.78, 5) is 4.31. The second-order valence-corrected chi connectivity index (χ2v) is 4.42. The monoisotopic (exact) mass is 271 g/mol. The minimum Gasteiger partial charge on any atom is -0.497 e. The molecule has 0 saturated carbocycles. The number of nitrogens with zero attached hydrogens (tertiary/aromatic N) is 1. The Morgan fingerprint density at radius 3 is 2.55 bits per heavy atom. The lowest BCUT2D eigenvalue weighted by atomic mass is 10.1. The molecule has 0 unspecified atom stereocenters. The summed E-state index contributed by atoms with van der Waals surface area (Å²) in [6.45, 7) is 3.68. The molecule has 20 heavy (non-hydrogen) atoms. The van der Waals surface area contributed by atoms with Crippen LogP contribution < -0.4 is 15.2 Å². The van der Waals surface area contributed by atoms with Crippen LogP contribution in [0.4, 0.5) is 0 Å². The van der Waals surface area contributed by atoms with Gasteiger partial charge in [-0.1, -0.05) is 6.07 Å². The quantitative estimate of drug-likeness (QED) is 0.661. The van der Waals surface area contributed by atoms with Crippen molar-refractivity contribution in [2.45, 2.75) is 13.8 Å². The van der Waals surface area contributed by atoms with E-state index in [1.54, 1.807) is 19.2 Å². The van der Waals surface area contributed by atoms with Crippen LogP contribution in [0.15, 0.2) is 30.3 Å². The SMILES string of the molecule is COc1cccc(Oc2cc(C)nc(C)c2C(=N)N)c1. The van der Waals surface area contributed by atoms with E-state index in [0.717, 1.165) is 5.69 Å². The number of pyridine rings is 1. The molecule has 0 amide bonds. The predicted molar refractivity (Wildman–Crippen MR) is 77.8 cm³/mol. The summed E-state index contributed by atoms with van der Waals surface area (Å²) in [5.41, 5.74) is 7.61. The molecule has 104 valence electrons. The molecule has 0 atom stereocenters. The first-order chi connectivity index (χ1) is 9.51. The number of nitrogen functional groups attached to an aromatic ring is 1. The van der Waals surface area contributed by atoms with Crippen molar-refractivity contribution in [2.24, 2.45) is 5.73 Å². The lowest BCUT2D eigenvalue weighted by Crippen LogP contribution is -2.15. The van der Waals surface area contributed by atoms with Crippen molar-refractivity contribution in [1.29, 1.82) is 5.41 Å². The highest BCUT2D eigenvalue weighted by Gasteiger charge is 2.13. The van der Waals surface area contributed by atoms with E-state index in [2.05, 4.69) is 4.98 Å². The highest BCUT2D eigenvalue weighted by Crippen LogP contribution is 2.29. The fourth-order valence-electron chi connectivity index (χ4n) is 1.99. The number of hydrogen-bond acceptors (Lipinski definition) is 4. The van der Waals surface area contributed by atoms with E-state index in [4.69, 9.17) is 20.6 Å². The van der Waals surface area contributed by atoms with E-state index in [9.17, 15) is 0 Å². The topological polar surface area (TPSA) is 81.2 Å². The second kappa shape index (κ2) is 5.61. The van der Waals surface area contributed by atoms with E-state index >= 15 is 0 Å². The Morgan fingerprint density at radius 2 is 1.90 bits per heavy atom. The summed E-state index contributed by atoms with van der Waals surface area (Å²) >= 11 is 0. The lowest BCUT2D eigenvalue weighted by molar-refractivity contribution is 0.409. The number of aryl methyl sites for hydroxylation is 2. The fraction of sp³-hybridized carbons (Fsp3) is 0.200. The summed E-state index contributed by atoms with van der Waals surface area (Å²) in [6, 6.07) is 9.03. The molecule has 1 aromatic heterocycles. The van der Waals surface area contributed by atoms with Gasteiger partial charge in [0, 0.05) is 17.8 Å². The average Bonchev–Trinajstić information content (AvgIpc) is 2.37. The molecule has 0 radical (unpaired) electrons. The van der Waals surface area contributed by atoms with Crippen LogP contribution in [0.1, 0.15) is 17.0 Å². The van der Waals surface area contributed by atoms with Gasteiger partial charge < -0.3 is 15.2 Å². The number of hydrogen-bond donors (Lipinski definition) is 2. The number of nitrogens with two attached hydrogens (primary N) is 1. The lowest BCUT2D eigenvalue weighted by Gasteiger charge is -2.13. The van der Waals surface area contributed by atoms with Crippen molar-refractivity contribution in [3.05, 3.63) is 47.3 Å². The zero-order chi connectivity index (χ0) is 14.7. The van der Waals surface area contributed by atoms with Gasteiger partial charge in [-0.2, -0.15) is 0 Å². The Kier molecular flexibility index (Phi) is 3.89. The van der Waals surface area contributed by atoms with Crippen molar-refractivity contribution >= 4 is 5.84 Å². The van der Waals surface area contributed by atoms with E-state index in [0.29, 0.717) is 28.5 Å². The van der Waals surface area contributed by atoms with Crippen LogP contribution in [0.25, 0.3) is 0 Å². The van der Waals surface area contributed by atoms with Gasteiger partial charge in [0.2, 0.25) is 0 Å². The Labute approximate surface area is 117 Å². The Bertz CT molecular complexity index is 654. The number of methoxy groups -OCH3 is 1. The number of amidine groups is 1. The maximum Gasteiger partial charge on any atom is 0.141 e. The van der Waals surface area contributed by atoms with Gasteiger partial charge in [0.1, 0.15) is 23.1 Å². The highest BCUT2D eigenvalue weighted by atomic mass is 16.5. The summed E-state index contributed by atoms with van der Waals surface area (Å²) in [6.07, 6.45) is 0. The first kappa shape index (κ1) is 13.9. The molecule has 0 aliphatic heterocycles. The van der Waals surface area contributed by atoms with Crippen LogP contribution >= 0.6 is 0 Å². The van der Waals surface area contributed by atoms with Gasteiger partial charge in [-0.25, -0.2) is 0 Å². The van der Waals surface area contributed by atoms with E-state index < -0.39 is 0 Å². The van der Waals surface area contributed by atoms with Crippen molar-refractivity contribution in [3.8, 4) is 17.2 Å². The van der Waals surface area contributed by atoms with Gasteiger partial charge >= 0.3 is 0 Å². The number of ether oxygens (including phenoxy) is 2. The van der Waals surface area contributed by atoms with Crippen LogP contribution in [0.3, 0.4) is 0 Å². The summed E-state index contributed by atoms with van der Waals surface area (Å²) in [5, 5.41) is 7.66. The highest BCUT2D eigenvalue weighted by molar-refractivity contribution is 5.98. The molecule has 5 nitrogen and oxygen atoms in total. The Morgan fingerprint density at radius 1 is 1.20 bits per heavy atom. The van der Waals surface area contributed by atoms with Crippen LogP contribution in [-0.4, -0.2) is 17.9 Å². The molecule has 5 heteroatoms. The van der Waals surface area contributed by atoms with Crippen molar-refractivity contribution in [3.63, 3.8) is 0 Å². The van der Waals surface area contributed by atoms with E-state index in [1.807, 2.05) is 32.0 Å². The van der Waals surface area contributed by atoms with Crippen LogP contribution in [0.5, 0.6) is 17.2 Å². The molecule has 1 aromatic carbocycles. The normalized spacial score (nSPS) is 10.2. The third-order valence-corrected chi connectivity index (χ3v) is 2.83. The summed E-state index contributed by atoms with van der Waals surface area (Å²) in [7, 11) is 1.60. The number of benzene rings is 1. The first-order valence-electron chi connectivity index (χ1n) is 6.16. The number of aromatic nitrogens is 1. The number of nitrogens with one attached hydrogen (secondary N) is 1. The zero-order valence-electron chi connectivity index (χ0n) is 11.7. The van der Waals surface area contributed by atoms with Crippen LogP contribution in [0, 0.1) is 19.3 Å². The van der Waals surface area contributed by atoms with Gasteiger partial charge in [-0.15, -0.1) is 0 Å². The molecule has 0 saturated heterocycles. The summed E-state index contributed by atoms with van der Waals surface area (Å²) in [5.74, 6) is 1.79. The molecule has 0 spiro atoms. The minimum atomic E-state index is -0.0621. The van der Waals surface area contributed by atoms with Crippen LogP contribution in [-0.2, 0) is 0 Å². The fourth-order valence-corrected chi connectivity index (χ4v) is 1.99. The Balaban J connectivity index is 2.44. The maximum atomic E-state index is 7.66. The predicted octanol–water partition coefficient (Wildman–Crippen LogP) is 2.78. The molecule has 0 bridgehead atoms. The molecule has 2 aromatic rings. The molecule has 3 N–H and O–H groups in total. The van der Waals surface area contributed by atoms with Gasteiger partial charge in [0.15, 0.2) is 0 Å². The molecule has 0 aliphatic rings. The molecule has 2 rings (SSSR count). The van der Waals surface area contributed by atoms with Crippen molar-refractivity contribution < 1.29 is 9.47 Å². The van der Waals surface area contributed by atoms with Crippen molar-refractivity contribution in [1.82, 2.24) is 4.98 Å². The molecule has 0 aliphatic carbocycles. The molecule has 0 fully saturated rings. The van der Waals surface area contributed by atoms with Gasteiger partial charge in [0.05, 0.1) is 18.4 Å². The average molecular weight is 271 g/mol. The molecular formula is C15H17N3O2. The van der Waals surface area contributed by atoms with Gasteiger partial charge in [-0.05, 0) is 26.0 Å². The summed E-state index contributed by atoms with van der Waals surface area (Å²) < 4.78 is 11.0.